The van der Waals surface area contributed by atoms with Gasteiger partial charge in [0.2, 0.25) is 0 Å². The van der Waals surface area contributed by atoms with Gasteiger partial charge in [0.05, 0.1) is 5.83 Å². The molecule has 1 unspecified atom stereocenters. The maximum absolute atomic E-state index is 12.4. The Balaban J connectivity index is 0. The normalized spacial score (nSPS) is 11.5. The number of nitrogens with zero attached hydrogens (tertiary/aromatic N) is 1. The number of halogens is 1. The number of carbonyl (C=O) groups excluding carboxylic acids is 2. The van der Waals surface area contributed by atoms with Gasteiger partial charge in [0.15, 0.2) is 0 Å². The fraction of sp³-hybridized carbons (Fsp3) is 0.471. The number of carbonyl (C=O) groups is 2. The maximum atomic E-state index is 12.4. The molecule has 1 N–H and O–H groups in total. The average Bonchev–Trinajstić information content (AvgIpc) is 2.96. The summed E-state index contributed by atoms with van der Waals surface area (Å²) in [6, 6.07) is 16.3. The molecule has 0 saturated carbocycles. The zero-order valence-electron chi connectivity index (χ0n) is 26.7. The summed E-state index contributed by atoms with van der Waals surface area (Å²) in [5.41, 5.74) is 5.08. The third-order valence-electron chi connectivity index (χ3n) is 5.43. The predicted molar refractivity (Wildman–Crippen MR) is 169 cm³/mol. The van der Waals surface area contributed by atoms with Crippen LogP contribution in [0.3, 0.4) is 0 Å². The van der Waals surface area contributed by atoms with E-state index in [-0.39, 0.29) is 23.8 Å². The predicted octanol–water partition coefficient (Wildman–Crippen LogP) is 8.41. The van der Waals surface area contributed by atoms with E-state index in [1.54, 1.807) is 6.08 Å². The fourth-order valence-electron chi connectivity index (χ4n) is 3.32. The monoisotopic (exact) mass is 556 g/mol. The lowest BCUT2D eigenvalue weighted by atomic mass is 10.0. The van der Waals surface area contributed by atoms with Gasteiger partial charge in [-0.05, 0) is 81.3 Å². The van der Waals surface area contributed by atoms with Gasteiger partial charge >= 0.3 is 5.97 Å². The fourth-order valence-corrected chi connectivity index (χ4v) is 3.32. The minimum atomic E-state index is -0.314. The number of amides is 1. The van der Waals surface area contributed by atoms with Gasteiger partial charge < -0.3 is 15.0 Å². The molecule has 0 bridgehead atoms. The number of aryl methyl sites for hydroxylation is 1. The molecular weight excluding hydrogens is 503 g/mol. The Morgan fingerprint density at radius 2 is 1.52 bits per heavy atom. The topological polar surface area (TPSA) is 58.6 Å². The highest BCUT2D eigenvalue weighted by Crippen LogP contribution is 2.21. The summed E-state index contributed by atoms with van der Waals surface area (Å²) in [6.07, 6.45) is 4.48. The van der Waals surface area contributed by atoms with E-state index in [9.17, 15) is 14.0 Å². The number of hydrogen-bond acceptors (Lipinski definition) is 4. The van der Waals surface area contributed by atoms with E-state index >= 15 is 0 Å². The lowest BCUT2D eigenvalue weighted by Gasteiger charge is -2.15. The van der Waals surface area contributed by atoms with Gasteiger partial charge in [-0.15, -0.1) is 0 Å². The van der Waals surface area contributed by atoms with E-state index in [2.05, 4.69) is 36.5 Å². The minimum Gasteiger partial charge on any atom is -0.458 e. The van der Waals surface area contributed by atoms with Crippen LogP contribution < -0.4 is 5.32 Å². The van der Waals surface area contributed by atoms with E-state index in [0.29, 0.717) is 18.5 Å². The molecule has 0 aliphatic rings. The molecule has 1 amide bonds. The number of ether oxygens (including phenoxy) is 1. The number of likely N-dealkylation sites (N-methyl/N-ethyl adjacent to an activating group) is 1. The van der Waals surface area contributed by atoms with Crippen molar-refractivity contribution in [2.45, 2.75) is 81.3 Å². The average molecular weight is 557 g/mol. The second-order valence-corrected chi connectivity index (χ2v) is 8.86. The van der Waals surface area contributed by atoms with E-state index in [4.69, 9.17) is 4.74 Å². The molecule has 0 radical (unpaired) electrons. The van der Waals surface area contributed by atoms with Crippen molar-refractivity contribution in [1.29, 1.82) is 0 Å². The molecule has 0 saturated heterocycles. The molecule has 0 aliphatic heterocycles. The summed E-state index contributed by atoms with van der Waals surface area (Å²) in [5, 5.41) is 2.95. The number of allylic oxidation sites excluding steroid dienone is 3. The molecule has 5 nitrogen and oxygen atoms in total. The first-order chi connectivity index (χ1) is 19.1. The van der Waals surface area contributed by atoms with Gasteiger partial charge in [0.1, 0.15) is 6.10 Å². The van der Waals surface area contributed by atoms with Crippen LogP contribution in [0.15, 0.2) is 72.1 Å². The first-order valence-corrected chi connectivity index (χ1v) is 14.4. The van der Waals surface area contributed by atoms with Crippen molar-refractivity contribution in [1.82, 2.24) is 10.2 Å². The van der Waals surface area contributed by atoms with E-state index in [1.807, 2.05) is 84.8 Å². The molecule has 0 heterocycles. The van der Waals surface area contributed by atoms with Gasteiger partial charge in [-0.3, -0.25) is 9.59 Å². The maximum Gasteiger partial charge on any atom is 0.303 e. The van der Waals surface area contributed by atoms with Crippen LogP contribution in [0.1, 0.15) is 84.7 Å². The SMILES string of the molecule is CC.CC.CCC(OC(C)=O)/C(C)=C/C=C(\C)F.CCc1ccc(-c2cccc(C(=O)NCCN(C)C)c2)cc1. The van der Waals surface area contributed by atoms with Crippen molar-refractivity contribution in [2.24, 2.45) is 0 Å². The molecule has 40 heavy (non-hydrogen) atoms. The Kier molecular flexibility index (Phi) is 23.0. The molecule has 2 aromatic carbocycles. The van der Waals surface area contributed by atoms with Gasteiger partial charge in [0, 0.05) is 25.6 Å². The third-order valence-corrected chi connectivity index (χ3v) is 5.43. The second kappa shape index (κ2) is 23.6. The van der Waals surface area contributed by atoms with E-state index in [0.717, 1.165) is 29.7 Å². The molecule has 6 heteroatoms. The molecular formula is C34H53FN2O3. The molecule has 0 aromatic heterocycles. The van der Waals surface area contributed by atoms with Gasteiger partial charge in [-0.25, -0.2) is 4.39 Å². The van der Waals surface area contributed by atoms with Crippen molar-refractivity contribution < 1.29 is 18.7 Å². The summed E-state index contributed by atoms with van der Waals surface area (Å²) in [5.74, 6) is -0.596. The molecule has 1 atom stereocenters. The van der Waals surface area contributed by atoms with Crippen molar-refractivity contribution in [3.8, 4) is 11.1 Å². The van der Waals surface area contributed by atoms with Gasteiger partial charge in [0.25, 0.3) is 5.91 Å². The zero-order valence-corrected chi connectivity index (χ0v) is 26.7. The number of esters is 1. The highest BCUT2D eigenvalue weighted by molar-refractivity contribution is 5.95. The Labute approximate surface area is 243 Å². The molecule has 0 fully saturated rings. The van der Waals surface area contributed by atoms with Crippen molar-refractivity contribution >= 4 is 11.9 Å². The van der Waals surface area contributed by atoms with Gasteiger partial charge in [-0.2, -0.15) is 0 Å². The Morgan fingerprint density at radius 1 is 0.925 bits per heavy atom. The Hall–Kier alpha value is -3.25. The van der Waals surface area contributed by atoms with Crippen LogP contribution in [-0.2, 0) is 16.0 Å². The van der Waals surface area contributed by atoms with Crippen molar-refractivity contribution in [3.05, 3.63) is 83.2 Å². The standard InChI is InChI=1S/C19H24N2O.C11H17FO2.2C2H6/c1-4-15-8-10-16(11-9-15)17-6-5-7-18(14-17)19(22)20-12-13-21(2)3;1-5-11(14-10(4)13)8(2)6-7-9(3)12;2*1-2/h5-11,14H,4,12-13H2,1-3H3,(H,20,22);6-7,11H,5H2,1-4H3;2*1-2H3/b;8-6+,9-7+;;. The number of hydrogen-bond donors (Lipinski definition) is 1. The summed E-state index contributed by atoms with van der Waals surface area (Å²) in [4.78, 5) is 24.9. The first kappa shape index (κ1) is 38.9. The lowest BCUT2D eigenvalue weighted by molar-refractivity contribution is -0.144. The lowest BCUT2D eigenvalue weighted by Crippen LogP contribution is -2.31. The van der Waals surface area contributed by atoms with Crippen LogP contribution in [0.2, 0.25) is 0 Å². The molecule has 2 rings (SSSR count). The number of benzene rings is 2. The largest absolute Gasteiger partial charge is 0.458 e. The quantitative estimate of drug-likeness (QED) is 0.236. The third kappa shape index (κ3) is 17.4. The summed E-state index contributed by atoms with van der Waals surface area (Å²) in [7, 11) is 3.99. The van der Waals surface area contributed by atoms with Crippen LogP contribution in [0.5, 0.6) is 0 Å². The molecule has 224 valence electrons. The summed E-state index contributed by atoms with van der Waals surface area (Å²) >= 11 is 0. The summed E-state index contributed by atoms with van der Waals surface area (Å²) in [6.45, 7) is 18.1. The highest BCUT2D eigenvalue weighted by atomic mass is 19.1. The van der Waals surface area contributed by atoms with Crippen molar-refractivity contribution in [2.75, 3.05) is 27.2 Å². The minimum absolute atomic E-state index is 0.0196. The Morgan fingerprint density at radius 3 is 2.00 bits per heavy atom. The van der Waals surface area contributed by atoms with Gasteiger partial charge in [-0.1, -0.05) is 84.0 Å². The smallest absolute Gasteiger partial charge is 0.303 e. The zero-order chi connectivity index (χ0) is 31.1. The second-order valence-electron chi connectivity index (χ2n) is 8.86. The Bertz CT molecular complexity index is 1020. The van der Waals surface area contributed by atoms with E-state index in [1.165, 1.54) is 25.5 Å². The van der Waals surface area contributed by atoms with E-state index < -0.39 is 0 Å². The van der Waals surface area contributed by atoms with Crippen LogP contribution in [0, 0.1) is 0 Å². The van der Waals surface area contributed by atoms with Crippen LogP contribution >= 0.6 is 0 Å². The van der Waals surface area contributed by atoms with Crippen LogP contribution in [0.4, 0.5) is 4.39 Å². The molecule has 0 aliphatic carbocycles. The first-order valence-electron chi connectivity index (χ1n) is 14.4. The highest BCUT2D eigenvalue weighted by Gasteiger charge is 2.10. The number of rotatable bonds is 10. The van der Waals surface area contributed by atoms with Crippen LogP contribution in [-0.4, -0.2) is 50.1 Å². The number of nitrogens with one attached hydrogen (secondary N) is 1. The molecule has 2 aromatic rings. The molecule has 0 spiro atoms. The van der Waals surface area contributed by atoms with Crippen molar-refractivity contribution in [3.63, 3.8) is 0 Å². The summed E-state index contributed by atoms with van der Waals surface area (Å²) < 4.78 is 17.4. The van der Waals surface area contributed by atoms with Crippen LogP contribution in [0.25, 0.3) is 11.1 Å².